The van der Waals surface area contributed by atoms with Crippen molar-refractivity contribution in [2.24, 2.45) is 0 Å². The lowest BCUT2D eigenvalue weighted by molar-refractivity contribution is 0.726. The zero-order valence-electron chi connectivity index (χ0n) is 11.6. The summed E-state index contributed by atoms with van der Waals surface area (Å²) in [5, 5.41) is 3.34. The molecule has 0 amide bonds. The van der Waals surface area contributed by atoms with Gasteiger partial charge >= 0.3 is 0 Å². The average Bonchev–Trinajstić information content (AvgIpc) is 2.46. The van der Waals surface area contributed by atoms with Gasteiger partial charge in [0, 0.05) is 17.2 Å². The van der Waals surface area contributed by atoms with Crippen molar-refractivity contribution in [1.82, 2.24) is 5.32 Å². The van der Waals surface area contributed by atoms with Gasteiger partial charge < -0.3 is 5.32 Å². The second-order valence-corrected chi connectivity index (χ2v) is 5.75. The highest BCUT2D eigenvalue weighted by Crippen LogP contribution is 2.23. The van der Waals surface area contributed by atoms with Gasteiger partial charge in [0.05, 0.1) is 0 Å². The van der Waals surface area contributed by atoms with Crippen LogP contribution in [0.2, 0.25) is 0 Å². The minimum atomic E-state index is 0.958. The Hall–Kier alpha value is -1.25. The third-order valence-electron chi connectivity index (χ3n) is 3.03. The molecule has 0 spiro atoms. The van der Waals surface area contributed by atoms with Crippen LogP contribution in [0.3, 0.4) is 0 Å². The topological polar surface area (TPSA) is 12.0 Å². The lowest BCUT2D eigenvalue weighted by Crippen LogP contribution is -2.11. The van der Waals surface area contributed by atoms with Crippen molar-refractivity contribution < 1.29 is 0 Å². The third-order valence-corrected chi connectivity index (χ3v) is 4.11. The second-order valence-electron chi connectivity index (χ2n) is 4.70. The molecule has 1 nitrogen and oxygen atoms in total. The molecule has 0 fully saturated rings. The fourth-order valence-electron chi connectivity index (χ4n) is 1.82. The van der Waals surface area contributed by atoms with Gasteiger partial charge in [-0.25, -0.2) is 0 Å². The van der Waals surface area contributed by atoms with Crippen molar-refractivity contribution in [3.63, 3.8) is 0 Å². The molecule has 2 aromatic rings. The molecule has 0 aliphatic carbocycles. The number of hydrogen-bond donors (Lipinski definition) is 1. The maximum Gasteiger partial charge on any atom is 0.0231 e. The Morgan fingerprint density at radius 1 is 0.895 bits per heavy atom. The van der Waals surface area contributed by atoms with Crippen molar-refractivity contribution in [2.45, 2.75) is 31.0 Å². The summed E-state index contributed by atoms with van der Waals surface area (Å²) in [5.41, 5.74) is 4.05. The zero-order chi connectivity index (χ0) is 13.5. The van der Waals surface area contributed by atoms with Gasteiger partial charge in [0.1, 0.15) is 0 Å². The Balaban J connectivity index is 1.87. The number of benzene rings is 2. The SMILES string of the molecule is CCNCc1ccc(SCc2ccc(C)cc2)cc1. The van der Waals surface area contributed by atoms with Crippen LogP contribution in [-0.4, -0.2) is 6.54 Å². The van der Waals surface area contributed by atoms with Crippen LogP contribution >= 0.6 is 11.8 Å². The van der Waals surface area contributed by atoms with Crippen LogP contribution in [0.25, 0.3) is 0 Å². The van der Waals surface area contributed by atoms with Crippen LogP contribution in [0.5, 0.6) is 0 Å². The smallest absolute Gasteiger partial charge is 0.0231 e. The Labute approximate surface area is 120 Å². The molecule has 0 aromatic heterocycles. The van der Waals surface area contributed by atoms with E-state index in [0.29, 0.717) is 0 Å². The highest BCUT2D eigenvalue weighted by molar-refractivity contribution is 7.98. The van der Waals surface area contributed by atoms with E-state index in [4.69, 9.17) is 0 Å². The first-order valence-electron chi connectivity index (χ1n) is 6.76. The van der Waals surface area contributed by atoms with Crippen LogP contribution < -0.4 is 5.32 Å². The van der Waals surface area contributed by atoms with Crippen molar-refractivity contribution >= 4 is 11.8 Å². The quantitative estimate of drug-likeness (QED) is 0.782. The van der Waals surface area contributed by atoms with E-state index < -0.39 is 0 Å². The summed E-state index contributed by atoms with van der Waals surface area (Å²) in [6, 6.07) is 17.6. The number of aryl methyl sites for hydroxylation is 1. The molecule has 0 bridgehead atoms. The summed E-state index contributed by atoms with van der Waals surface area (Å²) in [6.07, 6.45) is 0. The normalized spacial score (nSPS) is 10.6. The molecule has 0 atom stereocenters. The van der Waals surface area contributed by atoms with E-state index in [1.807, 2.05) is 11.8 Å². The molecule has 0 radical (unpaired) electrons. The number of thioether (sulfide) groups is 1. The minimum Gasteiger partial charge on any atom is -0.313 e. The lowest BCUT2D eigenvalue weighted by Gasteiger charge is -2.05. The molecule has 0 saturated carbocycles. The maximum atomic E-state index is 3.34. The Morgan fingerprint density at radius 3 is 2.16 bits per heavy atom. The highest BCUT2D eigenvalue weighted by atomic mass is 32.2. The Kier molecular flexibility index (Phi) is 5.49. The molecule has 0 aliphatic rings. The molecule has 2 heteroatoms. The van der Waals surface area contributed by atoms with Crippen molar-refractivity contribution in [3.8, 4) is 0 Å². The van der Waals surface area contributed by atoms with E-state index in [9.17, 15) is 0 Å². The summed E-state index contributed by atoms with van der Waals surface area (Å²) < 4.78 is 0. The largest absolute Gasteiger partial charge is 0.313 e. The summed E-state index contributed by atoms with van der Waals surface area (Å²) in [6.45, 7) is 6.23. The molecule has 2 rings (SSSR count). The zero-order valence-corrected chi connectivity index (χ0v) is 12.5. The summed E-state index contributed by atoms with van der Waals surface area (Å²) in [7, 11) is 0. The lowest BCUT2D eigenvalue weighted by atomic mass is 10.2. The fourth-order valence-corrected chi connectivity index (χ4v) is 2.68. The average molecular weight is 271 g/mol. The Bertz CT molecular complexity index is 488. The van der Waals surface area contributed by atoms with Crippen LogP contribution in [0, 0.1) is 6.92 Å². The fraction of sp³-hybridized carbons (Fsp3) is 0.294. The molecule has 0 saturated heterocycles. The van der Waals surface area contributed by atoms with Crippen LogP contribution in [0.4, 0.5) is 0 Å². The van der Waals surface area contributed by atoms with E-state index in [1.54, 1.807) is 0 Å². The third kappa shape index (κ3) is 4.73. The van der Waals surface area contributed by atoms with Gasteiger partial charge in [-0.2, -0.15) is 0 Å². The van der Waals surface area contributed by atoms with Gasteiger partial charge in [0.15, 0.2) is 0 Å². The first-order chi connectivity index (χ1) is 9.28. The number of rotatable bonds is 6. The maximum absolute atomic E-state index is 3.34. The molecular formula is C17H21NS. The van der Waals surface area contributed by atoms with E-state index in [0.717, 1.165) is 18.8 Å². The first-order valence-corrected chi connectivity index (χ1v) is 7.74. The second kappa shape index (κ2) is 7.37. The molecular weight excluding hydrogens is 250 g/mol. The number of nitrogens with one attached hydrogen (secondary N) is 1. The van der Waals surface area contributed by atoms with E-state index in [2.05, 4.69) is 67.7 Å². The summed E-state index contributed by atoms with van der Waals surface area (Å²) in [5.74, 6) is 1.03. The first kappa shape index (κ1) is 14.2. The predicted molar refractivity (Wildman–Crippen MR) is 84.6 cm³/mol. The molecule has 100 valence electrons. The minimum absolute atomic E-state index is 0.958. The highest BCUT2D eigenvalue weighted by Gasteiger charge is 1.97. The molecule has 0 aliphatic heterocycles. The van der Waals surface area contributed by atoms with E-state index in [1.165, 1.54) is 21.6 Å². The molecule has 0 unspecified atom stereocenters. The van der Waals surface area contributed by atoms with Crippen LogP contribution in [0.1, 0.15) is 23.6 Å². The number of hydrogen-bond acceptors (Lipinski definition) is 2. The van der Waals surface area contributed by atoms with Crippen LogP contribution in [0.15, 0.2) is 53.4 Å². The summed E-state index contributed by atoms with van der Waals surface area (Å²) >= 11 is 1.89. The molecule has 0 heterocycles. The predicted octanol–water partition coefficient (Wildman–Crippen LogP) is 4.40. The van der Waals surface area contributed by atoms with Gasteiger partial charge in [-0.1, -0.05) is 48.9 Å². The van der Waals surface area contributed by atoms with Crippen molar-refractivity contribution in [2.75, 3.05) is 6.54 Å². The molecule has 19 heavy (non-hydrogen) atoms. The molecule has 1 N–H and O–H groups in total. The monoisotopic (exact) mass is 271 g/mol. The van der Waals surface area contributed by atoms with E-state index >= 15 is 0 Å². The van der Waals surface area contributed by atoms with Crippen molar-refractivity contribution in [1.29, 1.82) is 0 Å². The Morgan fingerprint density at radius 2 is 1.53 bits per heavy atom. The van der Waals surface area contributed by atoms with Gasteiger partial charge in [0.25, 0.3) is 0 Å². The van der Waals surface area contributed by atoms with Gasteiger partial charge in [-0.3, -0.25) is 0 Å². The summed E-state index contributed by atoms with van der Waals surface area (Å²) in [4.78, 5) is 1.33. The van der Waals surface area contributed by atoms with E-state index in [-0.39, 0.29) is 0 Å². The standard InChI is InChI=1S/C17H21NS/c1-3-18-12-15-8-10-17(11-9-15)19-13-16-6-4-14(2)5-7-16/h4-11,18H,3,12-13H2,1-2H3. The molecule has 2 aromatic carbocycles. The van der Waals surface area contributed by atoms with Crippen molar-refractivity contribution in [3.05, 3.63) is 65.2 Å². The van der Waals surface area contributed by atoms with Gasteiger partial charge in [0.2, 0.25) is 0 Å². The van der Waals surface area contributed by atoms with Gasteiger partial charge in [-0.15, -0.1) is 11.8 Å². The van der Waals surface area contributed by atoms with Crippen LogP contribution in [-0.2, 0) is 12.3 Å². The van der Waals surface area contributed by atoms with Gasteiger partial charge in [-0.05, 0) is 36.7 Å².